The molecule has 0 unspecified atom stereocenters. The van der Waals surface area contributed by atoms with Crippen molar-refractivity contribution in [3.63, 3.8) is 0 Å². The lowest BCUT2D eigenvalue weighted by Crippen LogP contribution is -1.78. The minimum atomic E-state index is 1.29. The summed E-state index contributed by atoms with van der Waals surface area (Å²) in [6.45, 7) is 4.28. The molecule has 4 rings (SSSR count). The van der Waals surface area contributed by atoms with Crippen LogP contribution in [0.25, 0.3) is 31.3 Å². The van der Waals surface area contributed by atoms with Gasteiger partial charge in [0.1, 0.15) is 0 Å². The third-order valence-electron chi connectivity index (χ3n) is 4.01. The fourth-order valence-electron chi connectivity index (χ4n) is 2.81. The van der Waals surface area contributed by atoms with Crippen LogP contribution in [-0.4, -0.2) is 0 Å². The number of aryl methyl sites for hydroxylation is 2. The lowest BCUT2D eigenvalue weighted by molar-refractivity contribution is 1.47. The van der Waals surface area contributed by atoms with Gasteiger partial charge in [0.15, 0.2) is 0 Å². The molecule has 1 heteroatoms. The fourth-order valence-corrected chi connectivity index (χ4v) is 4.05. The second-order valence-corrected chi connectivity index (χ2v) is 6.76. The van der Waals surface area contributed by atoms with Gasteiger partial charge in [-0.3, -0.25) is 0 Å². The summed E-state index contributed by atoms with van der Waals surface area (Å²) in [5.74, 6) is 0. The molecule has 0 amide bonds. The molecule has 0 N–H and O–H groups in total. The van der Waals surface area contributed by atoms with Gasteiger partial charge in [-0.1, -0.05) is 54.1 Å². The Labute approximate surface area is 128 Å². The molecule has 0 nitrogen and oxygen atoms in total. The van der Waals surface area contributed by atoms with Crippen molar-refractivity contribution >= 4 is 31.5 Å². The van der Waals surface area contributed by atoms with Crippen LogP contribution in [0.2, 0.25) is 0 Å². The van der Waals surface area contributed by atoms with E-state index in [1.54, 1.807) is 0 Å². The van der Waals surface area contributed by atoms with Crippen LogP contribution >= 0.6 is 11.3 Å². The predicted octanol–water partition coefficient (Wildman–Crippen LogP) is 6.34. The molecule has 0 saturated heterocycles. The summed E-state index contributed by atoms with van der Waals surface area (Å²) in [4.78, 5) is 0. The van der Waals surface area contributed by atoms with Crippen LogP contribution in [0.5, 0.6) is 0 Å². The van der Waals surface area contributed by atoms with Crippen LogP contribution in [0.15, 0.2) is 60.7 Å². The summed E-state index contributed by atoms with van der Waals surface area (Å²) in [6, 6.07) is 22.3. The number of rotatable bonds is 1. The van der Waals surface area contributed by atoms with Crippen LogP contribution in [0.3, 0.4) is 0 Å². The Bertz CT molecular complexity index is 943. The summed E-state index contributed by atoms with van der Waals surface area (Å²) in [6.07, 6.45) is 0. The number of hydrogen-bond donors (Lipinski definition) is 0. The Hall–Kier alpha value is -2.12. The van der Waals surface area contributed by atoms with Gasteiger partial charge in [0, 0.05) is 20.2 Å². The molecular weight excluding hydrogens is 272 g/mol. The maximum absolute atomic E-state index is 2.32. The highest BCUT2D eigenvalue weighted by molar-refractivity contribution is 7.25. The smallest absolute Gasteiger partial charge is 0.0361 e. The molecule has 102 valence electrons. The van der Waals surface area contributed by atoms with Crippen LogP contribution in [0.4, 0.5) is 0 Å². The average Bonchev–Trinajstić information content (AvgIpc) is 2.84. The molecular formula is C20H16S. The highest BCUT2D eigenvalue weighted by Gasteiger charge is 2.06. The second-order valence-electron chi connectivity index (χ2n) is 5.68. The third-order valence-corrected chi connectivity index (χ3v) is 5.13. The van der Waals surface area contributed by atoms with Gasteiger partial charge in [-0.15, -0.1) is 11.3 Å². The maximum atomic E-state index is 2.32. The van der Waals surface area contributed by atoms with Gasteiger partial charge in [0.05, 0.1) is 0 Å². The number of hydrogen-bond acceptors (Lipinski definition) is 1. The Morgan fingerprint density at radius 3 is 1.90 bits per heavy atom. The van der Waals surface area contributed by atoms with Crippen molar-refractivity contribution in [2.75, 3.05) is 0 Å². The van der Waals surface area contributed by atoms with Gasteiger partial charge in [0.2, 0.25) is 0 Å². The molecule has 0 saturated carbocycles. The molecule has 0 aliphatic carbocycles. The van der Waals surface area contributed by atoms with Crippen molar-refractivity contribution in [3.8, 4) is 11.1 Å². The lowest BCUT2D eigenvalue weighted by atomic mass is 10.0. The summed E-state index contributed by atoms with van der Waals surface area (Å²) < 4.78 is 2.75. The normalized spacial score (nSPS) is 11.3. The van der Waals surface area contributed by atoms with Crippen molar-refractivity contribution in [1.82, 2.24) is 0 Å². The van der Waals surface area contributed by atoms with Gasteiger partial charge in [-0.2, -0.15) is 0 Å². The van der Waals surface area contributed by atoms with Crippen molar-refractivity contribution < 1.29 is 0 Å². The Morgan fingerprint density at radius 2 is 1.14 bits per heavy atom. The predicted molar refractivity (Wildman–Crippen MR) is 94.2 cm³/mol. The molecule has 0 radical (unpaired) electrons. The van der Waals surface area contributed by atoms with E-state index in [0.717, 1.165) is 0 Å². The molecule has 0 bridgehead atoms. The van der Waals surface area contributed by atoms with Crippen molar-refractivity contribution in [2.24, 2.45) is 0 Å². The molecule has 0 aliphatic heterocycles. The van der Waals surface area contributed by atoms with E-state index in [4.69, 9.17) is 0 Å². The summed E-state index contributed by atoms with van der Waals surface area (Å²) in [5.41, 5.74) is 5.21. The molecule has 21 heavy (non-hydrogen) atoms. The first kappa shape index (κ1) is 12.6. The van der Waals surface area contributed by atoms with E-state index in [9.17, 15) is 0 Å². The zero-order chi connectivity index (χ0) is 14.4. The minimum Gasteiger partial charge on any atom is -0.135 e. The first-order valence-electron chi connectivity index (χ1n) is 7.21. The molecule has 0 spiro atoms. The maximum Gasteiger partial charge on any atom is 0.0361 e. The Balaban J connectivity index is 1.93. The van der Waals surface area contributed by atoms with Crippen LogP contribution in [0.1, 0.15) is 11.1 Å². The lowest BCUT2D eigenvalue weighted by Gasteiger charge is -2.02. The third kappa shape index (κ3) is 2.14. The van der Waals surface area contributed by atoms with E-state index >= 15 is 0 Å². The van der Waals surface area contributed by atoms with E-state index in [-0.39, 0.29) is 0 Å². The highest BCUT2D eigenvalue weighted by atomic mass is 32.1. The fraction of sp³-hybridized carbons (Fsp3) is 0.100. The minimum absolute atomic E-state index is 1.29. The number of fused-ring (bicyclic) bond motifs is 3. The average molecular weight is 288 g/mol. The molecule has 1 aromatic heterocycles. The zero-order valence-electron chi connectivity index (χ0n) is 12.2. The molecule has 0 atom stereocenters. The topological polar surface area (TPSA) is 0 Å². The van der Waals surface area contributed by atoms with Crippen LogP contribution in [0, 0.1) is 13.8 Å². The molecule has 0 aliphatic rings. The summed E-state index contributed by atoms with van der Waals surface area (Å²) in [5, 5.41) is 2.74. The van der Waals surface area contributed by atoms with E-state index in [1.807, 2.05) is 11.3 Å². The van der Waals surface area contributed by atoms with E-state index in [2.05, 4.69) is 74.5 Å². The van der Waals surface area contributed by atoms with Gasteiger partial charge in [-0.25, -0.2) is 0 Å². The van der Waals surface area contributed by atoms with Gasteiger partial charge in [-0.05, 0) is 42.7 Å². The van der Waals surface area contributed by atoms with Crippen molar-refractivity contribution in [3.05, 3.63) is 71.8 Å². The quantitative estimate of drug-likeness (QED) is 0.383. The van der Waals surface area contributed by atoms with Crippen molar-refractivity contribution in [2.45, 2.75) is 13.8 Å². The van der Waals surface area contributed by atoms with E-state index < -0.39 is 0 Å². The largest absolute Gasteiger partial charge is 0.135 e. The van der Waals surface area contributed by atoms with Gasteiger partial charge < -0.3 is 0 Å². The first-order chi connectivity index (χ1) is 10.2. The van der Waals surface area contributed by atoms with Gasteiger partial charge in [0.25, 0.3) is 0 Å². The molecule has 1 heterocycles. The van der Waals surface area contributed by atoms with Crippen molar-refractivity contribution in [1.29, 1.82) is 0 Å². The zero-order valence-corrected chi connectivity index (χ0v) is 13.0. The monoisotopic (exact) mass is 288 g/mol. The summed E-state index contributed by atoms with van der Waals surface area (Å²) in [7, 11) is 0. The molecule has 4 aromatic rings. The Morgan fingerprint density at radius 1 is 0.571 bits per heavy atom. The Kier molecular flexibility index (Phi) is 2.83. The van der Waals surface area contributed by atoms with E-state index in [1.165, 1.54) is 42.4 Å². The molecule has 3 aromatic carbocycles. The van der Waals surface area contributed by atoms with Crippen LogP contribution in [-0.2, 0) is 0 Å². The number of thiophene rings is 1. The highest BCUT2D eigenvalue weighted by Crippen LogP contribution is 2.36. The summed E-state index contributed by atoms with van der Waals surface area (Å²) >= 11 is 1.89. The SMILES string of the molecule is Cc1ccc(-c2ccc3c(c2)sc2cc(C)ccc23)cc1. The molecule has 0 fully saturated rings. The van der Waals surface area contributed by atoms with Gasteiger partial charge >= 0.3 is 0 Å². The van der Waals surface area contributed by atoms with E-state index in [0.29, 0.717) is 0 Å². The first-order valence-corrected chi connectivity index (χ1v) is 8.02. The standard InChI is InChI=1S/C20H16S/c1-13-3-6-15(7-4-13)16-8-10-18-17-9-5-14(2)11-19(17)21-20(18)12-16/h3-12H,1-2H3. The number of benzene rings is 3. The van der Waals surface area contributed by atoms with Crippen LogP contribution < -0.4 is 0 Å². The second kappa shape index (κ2) is 4.71.